The van der Waals surface area contributed by atoms with E-state index < -0.39 is 0 Å². The smallest absolute Gasteiger partial charge is 0.260 e. The maximum Gasteiger partial charge on any atom is 0.260 e. The van der Waals surface area contributed by atoms with Gasteiger partial charge in [0.15, 0.2) is 6.61 Å². The Balaban J connectivity index is 1.55. The molecule has 2 aliphatic heterocycles. The van der Waals surface area contributed by atoms with Crippen LogP contribution >= 0.6 is 0 Å². The first-order chi connectivity index (χ1) is 11.7. The van der Waals surface area contributed by atoms with Crippen molar-refractivity contribution >= 4 is 5.91 Å². The van der Waals surface area contributed by atoms with E-state index in [-0.39, 0.29) is 12.5 Å². The van der Waals surface area contributed by atoms with Crippen LogP contribution in [0.25, 0.3) is 0 Å². The number of rotatable bonds is 5. The van der Waals surface area contributed by atoms with Crippen molar-refractivity contribution in [2.45, 2.75) is 32.2 Å². The fraction of sp³-hybridized carbons (Fsp3) is 0.632. The number of ether oxygens (including phenoxy) is 2. The summed E-state index contributed by atoms with van der Waals surface area (Å²) in [7, 11) is 0. The standard InChI is InChI=1S/C19H28N2O3/c1-16-6-2-3-8-18(16)24-15-19(22)21-9-5-4-7-17(21)14-20-10-12-23-13-11-20/h2-3,6,8,17H,4-5,7,9-15H2,1H3/t17-/m0/s1. The van der Waals surface area contributed by atoms with Crippen LogP contribution in [-0.2, 0) is 9.53 Å². The van der Waals surface area contributed by atoms with Gasteiger partial charge in [-0.05, 0) is 37.8 Å². The Morgan fingerprint density at radius 3 is 2.79 bits per heavy atom. The molecular formula is C19H28N2O3. The third-order valence-electron chi connectivity index (χ3n) is 4.96. The fourth-order valence-electron chi connectivity index (χ4n) is 3.54. The van der Waals surface area contributed by atoms with Crippen molar-refractivity contribution in [3.05, 3.63) is 29.8 Å². The number of para-hydroxylation sites is 1. The van der Waals surface area contributed by atoms with Crippen LogP contribution in [0.3, 0.4) is 0 Å². The molecule has 0 aliphatic carbocycles. The van der Waals surface area contributed by atoms with E-state index in [9.17, 15) is 4.79 Å². The molecule has 0 spiro atoms. The van der Waals surface area contributed by atoms with Crippen LogP contribution in [0, 0.1) is 6.92 Å². The van der Waals surface area contributed by atoms with Crippen LogP contribution < -0.4 is 4.74 Å². The molecule has 0 radical (unpaired) electrons. The largest absolute Gasteiger partial charge is 0.484 e. The molecule has 2 fully saturated rings. The zero-order chi connectivity index (χ0) is 16.8. The number of carbonyl (C=O) groups excluding carboxylic acids is 1. The molecule has 1 amide bonds. The highest BCUT2D eigenvalue weighted by atomic mass is 16.5. The highest BCUT2D eigenvalue weighted by Gasteiger charge is 2.29. The molecule has 0 aromatic heterocycles. The molecule has 2 heterocycles. The van der Waals surface area contributed by atoms with Crippen molar-refractivity contribution in [1.29, 1.82) is 0 Å². The Bertz CT molecular complexity index is 543. The van der Waals surface area contributed by atoms with Gasteiger partial charge in [-0.15, -0.1) is 0 Å². The van der Waals surface area contributed by atoms with Crippen molar-refractivity contribution in [2.75, 3.05) is 46.0 Å². The molecule has 132 valence electrons. The van der Waals surface area contributed by atoms with Crippen molar-refractivity contribution in [1.82, 2.24) is 9.80 Å². The summed E-state index contributed by atoms with van der Waals surface area (Å²) >= 11 is 0. The van der Waals surface area contributed by atoms with Gasteiger partial charge in [0.25, 0.3) is 5.91 Å². The Kier molecular flexibility index (Phi) is 6.10. The molecule has 3 rings (SSSR count). The van der Waals surface area contributed by atoms with E-state index in [1.807, 2.05) is 36.1 Å². The van der Waals surface area contributed by atoms with Gasteiger partial charge in [-0.1, -0.05) is 18.2 Å². The second-order valence-corrected chi connectivity index (χ2v) is 6.70. The van der Waals surface area contributed by atoms with Crippen LogP contribution in [-0.4, -0.2) is 67.7 Å². The Morgan fingerprint density at radius 1 is 1.21 bits per heavy atom. The summed E-state index contributed by atoms with van der Waals surface area (Å²) in [6.07, 6.45) is 3.39. The summed E-state index contributed by atoms with van der Waals surface area (Å²) in [4.78, 5) is 17.2. The van der Waals surface area contributed by atoms with Crippen LogP contribution in [0.1, 0.15) is 24.8 Å². The molecule has 0 bridgehead atoms. The first-order valence-electron chi connectivity index (χ1n) is 9.02. The second kappa shape index (κ2) is 8.49. The van der Waals surface area contributed by atoms with Gasteiger partial charge in [0.2, 0.25) is 0 Å². The minimum atomic E-state index is 0.108. The summed E-state index contributed by atoms with van der Waals surface area (Å²) < 4.78 is 11.2. The van der Waals surface area contributed by atoms with E-state index in [1.165, 1.54) is 6.42 Å². The highest BCUT2D eigenvalue weighted by molar-refractivity contribution is 5.78. The second-order valence-electron chi connectivity index (χ2n) is 6.70. The van der Waals surface area contributed by atoms with Crippen LogP contribution in [0.15, 0.2) is 24.3 Å². The number of likely N-dealkylation sites (tertiary alicyclic amines) is 1. The predicted octanol–water partition coefficient (Wildman–Crippen LogP) is 2.09. The molecule has 0 N–H and O–H groups in total. The number of piperidine rings is 1. The molecular weight excluding hydrogens is 304 g/mol. The van der Waals surface area contributed by atoms with Gasteiger partial charge in [0, 0.05) is 32.2 Å². The van der Waals surface area contributed by atoms with Gasteiger partial charge in [-0.2, -0.15) is 0 Å². The Labute approximate surface area is 144 Å². The summed E-state index contributed by atoms with van der Waals surface area (Å²) in [6, 6.07) is 8.15. The lowest BCUT2D eigenvalue weighted by atomic mass is 10.0. The molecule has 1 atom stereocenters. The zero-order valence-electron chi connectivity index (χ0n) is 14.6. The molecule has 0 unspecified atom stereocenters. The molecule has 1 aromatic carbocycles. The van der Waals surface area contributed by atoms with Crippen LogP contribution in [0.5, 0.6) is 5.75 Å². The molecule has 1 aromatic rings. The molecule has 5 nitrogen and oxygen atoms in total. The van der Waals surface area contributed by atoms with E-state index in [1.54, 1.807) is 0 Å². The first kappa shape index (κ1) is 17.2. The number of hydrogen-bond donors (Lipinski definition) is 0. The van der Waals surface area contributed by atoms with E-state index in [0.717, 1.165) is 63.5 Å². The summed E-state index contributed by atoms with van der Waals surface area (Å²) in [6.45, 7) is 7.49. The number of hydrogen-bond acceptors (Lipinski definition) is 4. The third-order valence-corrected chi connectivity index (χ3v) is 4.96. The first-order valence-corrected chi connectivity index (χ1v) is 9.02. The van der Waals surface area contributed by atoms with E-state index in [2.05, 4.69) is 4.90 Å². The van der Waals surface area contributed by atoms with E-state index in [4.69, 9.17) is 9.47 Å². The molecule has 2 saturated heterocycles. The normalized spacial score (nSPS) is 22.4. The van der Waals surface area contributed by atoms with E-state index in [0.29, 0.717) is 6.04 Å². The minimum absolute atomic E-state index is 0.108. The third kappa shape index (κ3) is 4.48. The lowest BCUT2D eigenvalue weighted by molar-refractivity contribution is -0.137. The average Bonchev–Trinajstić information content (AvgIpc) is 2.62. The van der Waals surface area contributed by atoms with Crippen LogP contribution in [0.2, 0.25) is 0 Å². The predicted molar refractivity (Wildman–Crippen MR) is 93.3 cm³/mol. The Hall–Kier alpha value is -1.59. The van der Waals surface area contributed by atoms with Gasteiger partial charge in [0.1, 0.15) is 5.75 Å². The highest BCUT2D eigenvalue weighted by Crippen LogP contribution is 2.20. The lowest BCUT2D eigenvalue weighted by Gasteiger charge is -2.39. The number of nitrogens with zero attached hydrogens (tertiary/aromatic N) is 2. The van der Waals surface area contributed by atoms with Gasteiger partial charge < -0.3 is 14.4 Å². The van der Waals surface area contributed by atoms with Crippen molar-refractivity contribution in [3.63, 3.8) is 0 Å². The number of benzene rings is 1. The number of carbonyl (C=O) groups is 1. The summed E-state index contributed by atoms with van der Waals surface area (Å²) in [5.41, 5.74) is 1.06. The average molecular weight is 332 g/mol. The maximum absolute atomic E-state index is 12.7. The molecule has 2 aliphatic rings. The maximum atomic E-state index is 12.7. The summed E-state index contributed by atoms with van der Waals surface area (Å²) in [5.74, 6) is 0.906. The molecule has 0 saturated carbocycles. The monoisotopic (exact) mass is 332 g/mol. The van der Waals surface area contributed by atoms with Gasteiger partial charge in [-0.3, -0.25) is 9.69 Å². The zero-order valence-corrected chi connectivity index (χ0v) is 14.6. The van der Waals surface area contributed by atoms with Crippen molar-refractivity contribution < 1.29 is 14.3 Å². The number of morpholine rings is 1. The summed E-state index contributed by atoms with van der Waals surface area (Å²) in [5, 5.41) is 0. The fourth-order valence-corrected chi connectivity index (χ4v) is 3.54. The minimum Gasteiger partial charge on any atom is -0.484 e. The van der Waals surface area contributed by atoms with Gasteiger partial charge >= 0.3 is 0 Å². The molecule has 5 heteroatoms. The molecule has 24 heavy (non-hydrogen) atoms. The van der Waals surface area contributed by atoms with Crippen molar-refractivity contribution in [3.8, 4) is 5.75 Å². The van der Waals surface area contributed by atoms with E-state index >= 15 is 0 Å². The number of aryl methyl sites for hydroxylation is 1. The van der Waals surface area contributed by atoms with Gasteiger partial charge in [0.05, 0.1) is 13.2 Å². The SMILES string of the molecule is Cc1ccccc1OCC(=O)N1CCCC[C@H]1CN1CCOCC1. The van der Waals surface area contributed by atoms with Gasteiger partial charge in [-0.25, -0.2) is 0 Å². The Morgan fingerprint density at radius 2 is 2.00 bits per heavy atom. The quantitative estimate of drug-likeness (QED) is 0.828. The lowest BCUT2D eigenvalue weighted by Crippen LogP contribution is -2.52. The van der Waals surface area contributed by atoms with Crippen molar-refractivity contribution in [2.24, 2.45) is 0 Å². The number of amides is 1. The topological polar surface area (TPSA) is 42.0 Å². The van der Waals surface area contributed by atoms with Crippen LogP contribution in [0.4, 0.5) is 0 Å².